The normalized spacial score (nSPS) is 17.6. The summed E-state index contributed by atoms with van der Waals surface area (Å²) in [6.45, 7) is 3.57. The van der Waals surface area contributed by atoms with Crippen LogP contribution in [0.15, 0.2) is 29.1 Å². The smallest absolute Gasteiger partial charge is 0.266 e. The Morgan fingerprint density at radius 3 is 2.88 bits per heavy atom. The van der Waals surface area contributed by atoms with Gasteiger partial charge in [-0.05, 0) is 44.4 Å². The minimum absolute atomic E-state index is 0.0951. The maximum Gasteiger partial charge on any atom is 0.266 e. The number of nitrogens with zero attached hydrogens (tertiary/aromatic N) is 7. The van der Waals surface area contributed by atoms with Crippen LogP contribution < -0.4 is 15.8 Å². The van der Waals surface area contributed by atoms with Crippen molar-refractivity contribution in [2.24, 2.45) is 7.05 Å². The lowest BCUT2D eigenvalue weighted by atomic mass is 10.0. The number of piperidine rings is 1. The number of hydrogen-bond acceptors (Lipinski definition) is 7. The highest BCUT2D eigenvalue weighted by atomic mass is 16.1. The molecular weight excluding hydrogens is 332 g/mol. The highest BCUT2D eigenvalue weighted by molar-refractivity contribution is 5.45. The lowest BCUT2D eigenvalue weighted by Gasteiger charge is -2.36. The van der Waals surface area contributed by atoms with Crippen molar-refractivity contribution in [2.45, 2.75) is 32.2 Å². The Labute approximate surface area is 150 Å². The molecule has 0 spiro atoms. The molecule has 3 aromatic rings. The molecule has 1 atom stereocenters. The molecule has 0 saturated carbocycles. The average Bonchev–Trinajstić information content (AvgIpc) is 3.03. The second-order valence-corrected chi connectivity index (χ2v) is 6.61. The van der Waals surface area contributed by atoms with Crippen LogP contribution >= 0.6 is 0 Å². The number of fused-ring (bicyclic) bond motifs is 1. The summed E-state index contributed by atoms with van der Waals surface area (Å²) < 4.78 is 3.12. The lowest BCUT2D eigenvalue weighted by Crippen LogP contribution is -2.45. The molecule has 0 aliphatic carbocycles. The second-order valence-electron chi connectivity index (χ2n) is 6.61. The Bertz CT molecular complexity index is 978. The Kier molecular flexibility index (Phi) is 4.27. The molecule has 3 aromatic heterocycles. The van der Waals surface area contributed by atoms with Crippen LogP contribution in [-0.2, 0) is 7.05 Å². The SMILES string of the molecule is Cc1nnc2ccc(NCC3CCCCN3c3ccc(=O)n(C)n3)nn12. The first kappa shape index (κ1) is 16.5. The summed E-state index contributed by atoms with van der Waals surface area (Å²) in [6, 6.07) is 7.51. The van der Waals surface area contributed by atoms with Crippen LogP contribution in [-0.4, -0.2) is 48.7 Å². The highest BCUT2D eigenvalue weighted by Gasteiger charge is 2.24. The van der Waals surface area contributed by atoms with Crippen molar-refractivity contribution in [1.82, 2.24) is 29.6 Å². The van der Waals surface area contributed by atoms with Crippen molar-refractivity contribution in [1.29, 1.82) is 0 Å². The molecule has 9 heteroatoms. The second kappa shape index (κ2) is 6.74. The molecular formula is C17H22N8O. The van der Waals surface area contributed by atoms with Crippen molar-refractivity contribution in [3.05, 3.63) is 40.4 Å². The molecule has 1 N–H and O–H groups in total. The molecule has 0 amide bonds. The van der Waals surface area contributed by atoms with Crippen molar-refractivity contribution >= 4 is 17.3 Å². The Morgan fingerprint density at radius 1 is 1.15 bits per heavy atom. The van der Waals surface area contributed by atoms with Gasteiger partial charge in [0.05, 0.1) is 0 Å². The molecule has 9 nitrogen and oxygen atoms in total. The molecule has 1 unspecified atom stereocenters. The van der Waals surface area contributed by atoms with E-state index in [1.54, 1.807) is 17.6 Å². The molecule has 0 bridgehead atoms. The Balaban J connectivity index is 1.51. The van der Waals surface area contributed by atoms with Gasteiger partial charge in [-0.3, -0.25) is 4.79 Å². The maximum atomic E-state index is 11.6. The predicted molar refractivity (Wildman–Crippen MR) is 98.5 cm³/mol. The summed E-state index contributed by atoms with van der Waals surface area (Å²) in [7, 11) is 1.68. The third kappa shape index (κ3) is 3.12. The number of hydrogen-bond donors (Lipinski definition) is 1. The van der Waals surface area contributed by atoms with E-state index in [1.165, 1.54) is 11.1 Å². The molecule has 1 saturated heterocycles. The summed E-state index contributed by atoms with van der Waals surface area (Å²) in [4.78, 5) is 13.9. The first-order chi connectivity index (χ1) is 12.6. The van der Waals surface area contributed by atoms with E-state index >= 15 is 0 Å². The van der Waals surface area contributed by atoms with Gasteiger partial charge in [0.2, 0.25) is 0 Å². The summed E-state index contributed by atoms with van der Waals surface area (Å²) in [5, 5.41) is 20.5. The zero-order valence-electron chi connectivity index (χ0n) is 15.0. The van der Waals surface area contributed by atoms with E-state index in [-0.39, 0.29) is 5.56 Å². The van der Waals surface area contributed by atoms with Gasteiger partial charge in [-0.15, -0.1) is 15.3 Å². The van der Waals surface area contributed by atoms with E-state index in [4.69, 9.17) is 0 Å². The van der Waals surface area contributed by atoms with Gasteiger partial charge in [0.15, 0.2) is 11.5 Å². The maximum absolute atomic E-state index is 11.6. The predicted octanol–water partition coefficient (Wildman–Crippen LogP) is 0.997. The van der Waals surface area contributed by atoms with Gasteiger partial charge in [0, 0.05) is 32.2 Å². The van der Waals surface area contributed by atoms with Crippen LogP contribution in [0.3, 0.4) is 0 Å². The summed E-state index contributed by atoms with van der Waals surface area (Å²) in [6.07, 6.45) is 3.39. The monoisotopic (exact) mass is 354 g/mol. The molecule has 4 rings (SSSR count). The van der Waals surface area contributed by atoms with Crippen LogP contribution in [0.25, 0.3) is 5.65 Å². The Hall–Kier alpha value is -2.97. The molecule has 1 aliphatic rings. The number of aromatic nitrogens is 6. The van der Waals surface area contributed by atoms with Crippen molar-refractivity contribution in [3.8, 4) is 0 Å². The van der Waals surface area contributed by atoms with E-state index < -0.39 is 0 Å². The minimum atomic E-state index is -0.0951. The van der Waals surface area contributed by atoms with E-state index in [1.807, 2.05) is 25.1 Å². The van der Waals surface area contributed by atoms with E-state index in [0.29, 0.717) is 6.04 Å². The third-order valence-corrected chi connectivity index (χ3v) is 4.81. The van der Waals surface area contributed by atoms with Crippen molar-refractivity contribution < 1.29 is 0 Å². The molecule has 1 fully saturated rings. The number of aryl methyl sites for hydroxylation is 2. The van der Waals surface area contributed by atoms with E-state index in [0.717, 1.165) is 49.0 Å². The molecule has 0 radical (unpaired) electrons. The number of rotatable bonds is 4. The van der Waals surface area contributed by atoms with Gasteiger partial charge in [-0.2, -0.15) is 9.61 Å². The van der Waals surface area contributed by atoms with Gasteiger partial charge in [0.25, 0.3) is 5.56 Å². The van der Waals surface area contributed by atoms with Crippen molar-refractivity contribution in [2.75, 3.05) is 23.3 Å². The van der Waals surface area contributed by atoms with Crippen LogP contribution in [0, 0.1) is 6.92 Å². The zero-order chi connectivity index (χ0) is 18.1. The number of nitrogens with one attached hydrogen (secondary N) is 1. The van der Waals surface area contributed by atoms with Gasteiger partial charge in [-0.1, -0.05) is 0 Å². The fraction of sp³-hybridized carbons (Fsp3) is 0.471. The van der Waals surface area contributed by atoms with Crippen LogP contribution in [0.4, 0.5) is 11.6 Å². The van der Waals surface area contributed by atoms with Gasteiger partial charge in [-0.25, -0.2) is 4.68 Å². The first-order valence-corrected chi connectivity index (χ1v) is 8.86. The zero-order valence-corrected chi connectivity index (χ0v) is 15.0. The highest BCUT2D eigenvalue weighted by Crippen LogP contribution is 2.22. The third-order valence-electron chi connectivity index (χ3n) is 4.81. The summed E-state index contributed by atoms with van der Waals surface area (Å²) >= 11 is 0. The largest absolute Gasteiger partial charge is 0.367 e. The fourth-order valence-electron chi connectivity index (χ4n) is 3.37. The van der Waals surface area contributed by atoms with Crippen LogP contribution in [0.5, 0.6) is 0 Å². The first-order valence-electron chi connectivity index (χ1n) is 8.86. The van der Waals surface area contributed by atoms with Crippen molar-refractivity contribution in [3.63, 3.8) is 0 Å². The minimum Gasteiger partial charge on any atom is -0.367 e. The quantitative estimate of drug-likeness (QED) is 0.747. The molecule has 136 valence electrons. The molecule has 4 heterocycles. The standard InChI is InChI=1S/C17H22N8O/c1-12-19-20-15-7-6-14(21-25(12)15)18-11-13-5-3-4-10-24(13)16-8-9-17(26)23(2)22-16/h6-9,13H,3-5,10-11H2,1-2H3,(H,18,21). The molecule has 0 aromatic carbocycles. The number of anilines is 2. The molecule has 1 aliphatic heterocycles. The lowest BCUT2D eigenvalue weighted by molar-refractivity contribution is 0.464. The summed E-state index contributed by atoms with van der Waals surface area (Å²) in [5.41, 5.74) is 0.643. The van der Waals surface area contributed by atoms with Crippen LogP contribution in [0.1, 0.15) is 25.1 Å². The van der Waals surface area contributed by atoms with Crippen LogP contribution in [0.2, 0.25) is 0 Å². The summed E-state index contributed by atoms with van der Waals surface area (Å²) in [5.74, 6) is 2.40. The molecule has 26 heavy (non-hydrogen) atoms. The van der Waals surface area contributed by atoms with E-state index in [9.17, 15) is 4.79 Å². The average molecular weight is 354 g/mol. The fourth-order valence-corrected chi connectivity index (χ4v) is 3.37. The van der Waals surface area contributed by atoms with Gasteiger partial charge in [0.1, 0.15) is 11.6 Å². The van der Waals surface area contributed by atoms with E-state index in [2.05, 4.69) is 30.6 Å². The topological polar surface area (TPSA) is 93.2 Å². The Morgan fingerprint density at radius 2 is 2.04 bits per heavy atom. The van der Waals surface area contributed by atoms with Gasteiger partial charge >= 0.3 is 0 Å². The van der Waals surface area contributed by atoms with Gasteiger partial charge < -0.3 is 10.2 Å².